The van der Waals surface area contributed by atoms with Crippen molar-refractivity contribution in [1.29, 1.82) is 0 Å². The predicted molar refractivity (Wildman–Crippen MR) is 72.8 cm³/mol. The van der Waals surface area contributed by atoms with Gasteiger partial charge in [-0.2, -0.15) is 0 Å². The van der Waals surface area contributed by atoms with E-state index in [9.17, 15) is 9.59 Å². The van der Waals surface area contributed by atoms with Gasteiger partial charge in [-0.15, -0.1) is 0 Å². The average Bonchev–Trinajstić information content (AvgIpc) is 2.75. The Kier molecular flexibility index (Phi) is 3.92. The Hall–Kier alpha value is -1.79. The second-order valence-electron chi connectivity index (χ2n) is 3.55. The zero-order valence-electron chi connectivity index (χ0n) is 9.31. The highest BCUT2D eigenvalue weighted by Crippen LogP contribution is 2.22. The molecule has 0 radical (unpaired) electrons. The van der Waals surface area contributed by atoms with Crippen LogP contribution >= 0.6 is 27.5 Å². The van der Waals surface area contributed by atoms with Crippen LogP contribution in [-0.4, -0.2) is 17.0 Å². The molecular weight excluding hydrogens is 337 g/mol. The fourth-order valence-electron chi connectivity index (χ4n) is 1.43. The third-order valence-corrected chi connectivity index (χ3v) is 2.92. The van der Waals surface area contributed by atoms with E-state index in [0.29, 0.717) is 9.69 Å². The van der Waals surface area contributed by atoms with Gasteiger partial charge in [-0.25, -0.2) is 4.79 Å². The number of carbonyl (C=O) groups is 2. The second-order valence-corrected chi connectivity index (χ2v) is 4.77. The van der Waals surface area contributed by atoms with Crippen LogP contribution in [0.2, 0.25) is 5.02 Å². The summed E-state index contributed by atoms with van der Waals surface area (Å²) in [6.45, 7) is 0. The Balaban J connectivity index is 2.30. The van der Waals surface area contributed by atoms with Gasteiger partial charge in [-0.3, -0.25) is 4.79 Å². The second kappa shape index (κ2) is 5.46. The smallest absolute Gasteiger partial charge is 0.337 e. The van der Waals surface area contributed by atoms with Crippen molar-refractivity contribution in [2.24, 2.45) is 0 Å². The standard InChI is InChI=1S/C12H7BrClNO4/c13-10-4-3-9(19-10)11(16)15-8-5-6(14)1-2-7(8)12(17)18/h1-5H,(H,15,16)(H,17,18). The third-order valence-electron chi connectivity index (χ3n) is 2.26. The number of halogens is 2. The van der Waals surface area contributed by atoms with Crippen molar-refractivity contribution in [3.63, 3.8) is 0 Å². The van der Waals surface area contributed by atoms with Crippen molar-refractivity contribution in [3.05, 3.63) is 51.3 Å². The topological polar surface area (TPSA) is 79.5 Å². The Labute approximate surface area is 121 Å². The van der Waals surface area contributed by atoms with Crippen LogP contribution in [-0.2, 0) is 0 Å². The molecule has 2 rings (SSSR count). The summed E-state index contributed by atoms with van der Waals surface area (Å²) in [6.07, 6.45) is 0. The fourth-order valence-corrected chi connectivity index (χ4v) is 1.91. The largest absolute Gasteiger partial charge is 0.478 e. The van der Waals surface area contributed by atoms with E-state index in [0.717, 1.165) is 0 Å². The molecule has 2 aromatic rings. The summed E-state index contributed by atoms with van der Waals surface area (Å²) in [4.78, 5) is 22.9. The molecule has 2 N–H and O–H groups in total. The molecule has 1 aromatic carbocycles. The van der Waals surface area contributed by atoms with Crippen LogP contribution in [0.5, 0.6) is 0 Å². The van der Waals surface area contributed by atoms with Crippen LogP contribution in [0.4, 0.5) is 5.69 Å². The number of hydrogen-bond donors (Lipinski definition) is 2. The Morgan fingerprint density at radius 1 is 1.26 bits per heavy atom. The number of benzene rings is 1. The summed E-state index contributed by atoms with van der Waals surface area (Å²) >= 11 is 8.85. The van der Waals surface area contributed by atoms with E-state index in [1.165, 1.54) is 24.3 Å². The highest BCUT2D eigenvalue weighted by atomic mass is 79.9. The summed E-state index contributed by atoms with van der Waals surface area (Å²) in [7, 11) is 0. The Morgan fingerprint density at radius 3 is 2.58 bits per heavy atom. The first-order chi connectivity index (χ1) is 8.97. The quantitative estimate of drug-likeness (QED) is 0.891. The Morgan fingerprint density at radius 2 is 2.00 bits per heavy atom. The number of carboxylic acid groups (broad SMARTS) is 1. The normalized spacial score (nSPS) is 10.2. The SMILES string of the molecule is O=C(Nc1cc(Cl)ccc1C(=O)O)c1ccc(Br)o1. The van der Waals surface area contributed by atoms with E-state index in [2.05, 4.69) is 21.2 Å². The predicted octanol–water partition coefficient (Wildman–Crippen LogP) is 3.65. The molecule has 0 spiro atoms. The number of nitrogens with one attached hydrogen (secondary N) is 1. The maximum atomic E-state index is 11.9. The van der Waals surface area contributed by atoms with E-state index in [4.69, 9.17) is 21.1 Å². The molecule has 0 saturated carbocycles. The lowest BCUT2D eigenvalue weighted by molar-refractivity contribution is 0.0698. The molecule has 0 unspecified atom stereocenters. The van der Waals surface area contributed by atoms with Gasteiger partial charge < -0.3 is 14.8 Å². The molecule has 1 heterocycles. The van der Waals surface area contributed by atoms with Crippen molar-refractivity contribution < 1.29 is 19.1 Å². The fraction of sp³-hybridized carbons (Fsp3) is 0. The molecule has 0 fully saturated rings. The van der Waals surface area contributed by atoms with Gasteiger partial charge in [0, 0.05) is 5.02 Å². The van der Waals surface area contributed by atoms with Crippen LogP contribution < -0.4 is 5.32 Å². The number of anilines is 1. The maximum absolute atomic E-state index is 11.9. The monoisotopic (exact) mass is 343 g/mol. The van der Waals surface area contributed by atoms with Gasteiger partial charge in [0.2, 0.25) is 0 Å². The first-order valence-corrected chi connectivity index (χ1v) is 6.24. The van der Waals surface area contributed by atoms with Gasteiger partial charge in [0.1, 0.15) is 0 Å². The van der Waals surface area contributed by atoms with Crippen molar-refractivity contribution in [3.8, 4) is 0 Å². The van der Waals surface area contributed by atoms with Gasteiger partial charge in [-0.05, 0) is 46.3 Å². The number of furan rings is 1. The molecule has 0 bridgehead atoms. The van der Waals surface area contributed by atoms with Gasteiger partial charge in [0.15, 0.2) is 10.4 Å². The number of carbonyl (C=O) groups excluding carboxylic acids is 1. The third kappa shape index (κ3) is 3.15. The zero-order chi connectivity index (χ0) is 14.0. The van der Waals surface area contributed by atoms with E-state index >= 15 is 0 Å². The van der Waals surface area contributed by atoms with E-state index in [1.807, 2.05) is 0 Å². The maximum Gasteiger partial charge on any atom is 0.337 e. The van der Waals surface area contributed by atoms with Crippen LogP contribution in [0.1, 0.15) is 20.9 Å². The van der Waals surface area contributed by atoms with Crippen molar-refractivity contribution in [1.82, 2.24) is 0 Å². The van der Waals surface area contributed by atoms with Gasteiger partial charge in [0.25, 0.3) is 5.91 Å². The molecule has 0 saturated heterocycles. The van der Waals surface area contributed by atoms with Crippen molar-refractivity contribution >= 4 is 45.1 Å². The van der Waals surface area contributed by atoms with E-state index in [1.54, 1.807) is 6.07 Å². The molecule has 98 valence electrons. The lowest BCUT2D eigenvalue weighted by Crippen LogP contribution is -2.14. The minimum absolute atomic E-state index is 0.0524. The molecule has 1 amide bonds. The van der Waals surface area contributed by atoms with E-state index < -0.39 is 11.9 Å². The molecule has 0 aliphatic rings. The molecule has 0 aliphatic carbocycles. The van der Waals surface area contributed by atoms with Crippen LogP contribution in [0.3, 0.4) is 0 Å². The van der Waals surface area contributed by atoms with Crippen LogP contribution in [0.15, 0.2) is 39.4 Å². The molecule has 5 nitrogen and oxygen atoms in total. The van der Waals surface area contributed by atoms with Crippen LogP contribution in [0, 0.1) is 0 Å². The minimum Gasteiger partial charge on any atom is -0.478 e. The zero-order valence-corrected chi connectivity index (χ0v) is 11.7. The van der Waals surface area contributed by atoms with Crippen molar-refractivity contribution in [2.45, 2.75) is 0 Å². The average molecular weight is 345 g/mol. The highest BCUT2D eigenvalue weighted by molar-refractivity contribution is 9.10. The minimum atomic E-state index is -1.16. The molecule has 19 heavy (non-hydrogen) atoms. The first-order valence-electron chi connectivity index (χ1n) is 5.07. The van der Waals surface area contributed by atoms with Gasteiger partial charge in [-0.1, -0.05) is 11.6 Å². The summed E-state index contributed by atoms with van der Waals surface area (Å²) in [5.41, 5.74) is 0.0564. The molecular formula is C12H7BrClNO4. The number of carboxylic acids is 1. The Bertz CT molecular complexity index is 653. The lowest BCUT2D eigenvalue weighted by Gasteiger charge is -2.07. The molecule has 7 heteroatoms. The van der Waals surface area contributed by atoms with Gasteiger partial charge in [0.05, 0.1) is 11.3 Å². The van der Waals surface area contributed by atoms with Crippen molar-refractivity contribution in [2.75, 3.05) is 5.32 Å². The summed E-state index contributed by atoms with van der Waals surface area (Å²) in [6, 6.07) is 7.14. The summed E-state index contributed by atoms with van der Waals surface area (Å²) in [5, 5.41) is 11.8. The summed E-state index contributed by atoms with van der Waals surface area (Å²) < 4.78 is 5.48. The lowest BCUT2D eigenvalue weighted by atomic mass is 10.1. The number of hydrogen-bond acceptors (Lipinski definition) is 3. The number of rotatable bonds is 3. The van der Waals surface area contributed by atoms with E-state index in [-0.39, 0.29) is 17.0 Å². The number of aromatic carboxylic acids is 1. The highest BCUT2D eigenvalue weighted by Gasteiger charge is 2.16. The van der Waals surface area contributed by atoms with Gasteiger partial charge >= 0.3 is 5.97 Å². The summed E-state index contributed by atoms with van der Waals surface area (Å²) in [5.74, 6) is -1.66. The van der Waals surface area contributed by atoms with Crippen LogP contribution in [0.25, 0.3) is 0 Å². The number of amides is 1. The molecule has 1 aromatic heterocycles. The molecule has 0 atom stereocenters. The molecule has 0 aliphatic heterocycles. The first kappa shape index (κ1) is 13.6.